The molecular formula is C11H9FN2OS. The quantitative estimate of drug-likeness (QED) is 0.890. The molecule has 1 N–H and O–H groups in total. The number of aliphatic hydroxyl groups is 1. The van der Waals surface area contributed by atoms with Crippen LogP contribution in [0.25, 0.3) is 17.3 Å². The maximum Gasteiger partial charge on any atom is 0.127 e. The third-order valence-corrected chi connectivity index (χ3v) is 2.81. The van der Waals surface area contributed by atoms with E-state index in [1.807, 2.05) is 11.4 Å². The van der Waals surface area contributed by atoms with Crippen molar-refractivity contribution in [2.24, 2.45) is 0 Å². The molecule has 5 heteroatoms. The van der Waals surface area contributed by atoms with E-state index in [1.54, 1.807) is 18.6 Å². The molecule has 0 fully saturated rings. The van der Waals surface area contributed by atoms with Gasteiger partial charge >= 0.3 is 0 Å². The van der Waals surface area contributed by atoms with Crippen molar-refractivity contribution in [1.29, 1.82) is 0 Å². The molecule has 2 rings (SSSR count). The number of rotatable bonds is 3. The van der Waals surface area contributed by atoms with Gasteiger partial charge in [0.2, 0.25) is 0 Å². The second kappa shape index (κ2) is 4.96. The van der Waals surface area contributed by atoms with Crippen LogP contribution in [0.3, 0.4) is 0 Å². The Morgan fingerprint density at radius 2 is 2.38 bits per heavy atom. The molecule has 0 spiro atoms. The highest BCUT2D eigenvalue weighted by Gasteiger charge is 2.03. The van der Waals surface area contributed by atoms with Gasteiger partial charge in [-0.15, -0.1) is 11.3 Å². The summed E-state index contributed by atoms with van der Waals surface area (Å²) in [5, 5.41) is 10.4. The smallest absolute Gasteiger partial charge is 0.127 e. The molecule has 2 heterocycles. The van der Waals surface area contributed by atoms with Crippen molar-refractivity contribution in [2.45, 2.75) is 0 Å². The highest BCUT2D eigenvalue weighted by molar-refractivity contribution is 7.11. The Hall–Kier alpha value is -1.59. The normalized spacial score (nSPS) is 11.8. The number of hydrogen-bond acceptors (Lipinski definition) is 4. The number of hydrogen-bond donors (Lipinski definition) is 1. The van der Waals surface area contributed by atoms with Gasteiger partial charge in [0, 0.05) is 28.2 Å². The van der Waals surface area contributed by atoms with Crippen molar-refractivity contribution in [1.82, 2.24) is 9.97 Å². The maximum absolute atomic E-state index is 12.8. The van der Waals surface area contributed by atoms with E-state index >= 15 is 0 Å². The lowest BCUT2D eigenvalue weighted by molar-refractivity contribution is 0.300. The van der Waals surface area contributed by atoms with Gasteiger partial charge in [-0.3, -0.25) is 9.97 Å². The molecular weight excluding hydrogens is 227 g/mol. The first-order valence-corrected chi connectivity index (χ1v) is 5.49. The Morgan fingerprint density at radius 3 is 3.06 bits per heavy atom. The van der Waals surface area contributed by atoms with Crippen LogP contribution >= 0.6 is 11.3 Å². The molecule has 0 amide bonds. The molecule has 0 saturated heterocycles. The Labute approximate surface area is 95.9 Å². The van der Waals surface area contributed by atoms with Gasteiger partial charge in [0.15, 0.2) is 0 Å². The molecule has 0 aliphatic carbocycles. The fourth-order valence-corrected chi connectivity index (χ4v) is 2.05. The van der Waals surface area contributed by atoms with E-state index in [0.717, 1.165) is 16.1 Å². The van der Waals surface area contributed by atoms with Gasteiger partial charge in [-0.1, -0.05) is 0 Å². The minimum atomic E-state index is -0.571. The number of halogens is 1. The van der Waals surface area contributed by atoms with E-state index in [9.17, 15) is 4.39 Å². The topological polar surface area (TPSA) is 46.0 Å². The minimum absolute atomic E-state index is 0.549. The van der Waals surface area contributed by atoms with Gasteiger partial charge < -0.3 is 5.11 Å². The van der Waals surface area contributed by atoms with E-state index < -0.39 is 12.4 Å². The summed E-state index contributed by atoms with van der Waals surface area (Å²) in [4.78, 5) is 8.84. The van der Waals surface area contributed by atoms with Crippen LogP contribution in [0.15, 0.2) is 35.9 Å². The van der Waals surface area contributed by atoms with E-state index in [4.69, 9.17) is 5.11 Å². The van der Waals surface area contributed by atoms with Crippen molar-refractivity contribution in [3.63, 3.8) is 0 Å². The Balaban J connectivity index is 2.27. The second-order valence-corrected chi connectivity index (χ2v) is 4.02. The van der Waals surface area contributed by atoms with Crippen molar-refractivity contribution < 1.29 is 9.50 Å². The average Bonchev–Trinajstić information content (AvgIpc) is 2.78. The zero-order chi connectivity index (χ0) is 11.4. The summed E-state index contributed by atoms with van der Waals surface area (Å²) in [5.41, 5.74) is 1.65. The SMILES string of the molecule is OC/C(F)=C/c1cc(-c2cnccn2)cs1. The zero-order valence-electron chi connectivity index (χ0n) is 8.30. The highest BCUT2D eigenvalue weighted by atomic mass is 32.1. The standard InChI is InChI=1S/C11H9FN2OS/c12-9(6-15)4-10-3-8(7-16-10)11-5-13-1-2-14-11/h1-5,7,15H,6H2/b9-4-. The van der Waals surface area contributed by atoms with Crippen LogP contribution < -0.4 is 0 Å². The molecule has 0 bridgehead atoms. The zero-order valence-corrected chi connectivity index (χ0v) is 9.12. The van der Waals surface area contributed by atoms with Crippen molar-refractivity contribution in [3.05, 3.63) is 40.7 Å². The second-order valence-electron chi connectivity index (χ2n) is 3.08. The van der Waals surface area contributed by atoms with Crippen LogP contribution in [0.4, 0.5) is 4.39 Å². The van der Waals surface area contributed by atoms with Gasteiger partial charge in [0.1, 0.15) is 5.83 Å². The van der Waals surface area contributed by atoms with E-state index in [-0.39, 0.29) is 0 Å². The summed E-state index contributed by atoms with van der Waals surface area (Å²) >= 11 is 1.39. The molecule has 2 aromatic heterocycles. The molecule has 0 unspecified atom stereocenters. The Bertz CT molecular complexity index is 496. The van der Waals surface area contributed by atoms with Gasteiger partial charge in [0.25, 0.3) is 0 Å². The molecule has 0 saturated carbocycles. The summed E-state index contributed by atoms with van der Waals surface area (Å²) in [6.07, 6.45) is 6.17. The first kappa shape index (κ1) is 10.9. The number of nitrogens with zero attached hydrogens (tertiary/aromatic N) is 2. The third kappa shape index (κ3) is 2.50. The first-order chi connectivity index (χ1) is 7.79. The van der Waals surface area contributed by atoms with Crippen molar-refractivity contribution in [2.75, 3.05) is 6.61 Å². The largest absolute Gasteiger partial charge is 0.389 e. The van der Waals surface area contributed by atoms with Crippen molar-refractivity contribution >= 4 is 17.4 Å². The van der Waals surface area contributed by atoms with Crippen LogP contribution in [-0.4, -0.2) is 21.7 Å². The third-order valence-electron chi connectivity index (χ3n) is 1.93. The lowest BCUT2D eigenvalue weighted by atomic mass is 10.2. The fraction of sp³-hybridized carbons (Fsp3) is 0.0909. The Kier molecular flexibility index (Phi) is 3.38. The summed E-state index contributed by atoms with van der Waals surface area (Å²) in [6.45, 7) is -0.571. The molecule has 0 aliphatic heterocycles. The molecule has 82 valence electrons. The fourth-order valence-electron chi connectivity index (χ4n) is 1.21. The monoisotopic (exact) mass is 236 g/mol. The van der Waals surface area contributed by atoms with Gasteiger partial charge in [-0.05, 0) is 12.1 Å². The molecule has 0 aliphatic rings. The summed E-state index contributed by atoms with van der Waals surface area (Å²) in [7, 11) is 0. The molecule has 0 radical (unpaired) electrons. The number of aromatic nitrogens is 2. The van der Waals surface area contributed by atoms with Gasteiger partial charge in [0.05, 0.1) is 18.5 Å². The van der Waals surface area contributed by atoms with Crippen LogP contribution in [0.2, 0.25) is 0 Å². The number of aliphatic hydroxyl groups excluding tert-OH is 1. The van der Waals surface area contributed by atoms with Crippen LogP contribution in [0.5, 0.6) is 0 Å². The maximum atomic E-state index is 12.8. The lowest BCUT2D eigenvalue weighted by Gasteiger charge is -1.92. The number of thiophene rings is 1. The average molecular weight is 236 g/mol. The van der Waals surface area contributed by atoms with Gasteiger partial charge in [-0.2, -0.15) is 0 Å². The van der Waals surface area contributed by atoms with Crippen LogP contribution in [0.1, 0.15) is 4.88 Å². The molecule has 0 atom stereocenters. The molecule has 16 heavy (non-hydrogen) atoms. The predicted octanol–water partition coefficient (Wildman–Crippen LogP) is 2.51. The predicted molar refractivity (Wildman–Crippen MR) is 61.5 cm³/mol. The van der Waals surface area contributed by atoms with Crippen molar-refractivity contribution in [3.8, 4) is 11.3 Å². The van der Waals surface area contributed by atoms with Gasteiger partial charge in [-0.25, -0.2) is 4.39 Å². The Morgan fingerprint density at radius 1 is 1.50 bits per heavy atom. The summed E-state index contributed by atoms with van der Waals surface area (Å²) < 4.78 is 12.8. The highest BCUT2D eigenvalue weighted by Crippen LogP contribution is 2.25. The summed E-state index contributed by atoms with van der Waals surface area (Å²) in [6, 6.07) is 1.81. The van der Waals surface area contributed by atoms with E-state index in [2.05, 4.69) is 9.97 Å². The minimum Gasteiger partial charge on any atom is -0.389 e. The summed E-state index contributed by atoms with van der Waals surface area (Å²) in [5.74, 6) is -0.549. The lowest BCUT2D eigenvalue weighted by Crippen LogP contribution is -1.81. The molecule has 2 aromatic rings. The van der Waals surface area contributed by atoms with Crippen LogP contribution in [-0.2, 0) is 0 Å². The van der Waals surface area contributed by atoms with Crippen LogP contribution in [0, 0.1) is 0 Å². The first-order valence-electron chi connectivity index (χ1n) is 4.61. The van der Waals surface area contributed by atoms with E-state index in [0.29, 0.717) is 0 Å². The van der Waals surface area contributed by atoms with E-state index in [1.165, 1.54) is 17.4 Å². The molecule has 3 nitrogen and oxygen atoms in total. The molecule has 0 aromatic carbocycles.